The third-order valence-corrected chi connectivity index (χ3v) is 1.84. The van der Waals surface area contributed by atoms with Gasteiger partial charge in [-0.1, -0.05) is 0 Å². The average Bonchev–Trinajstić information content (AvgIpc) is 2.47. The molecular weight excluding hydrogens is 166 g/mol. The zero-order chi connectivity index (χ0) is 9.84. The number of aromatic nitrogens is 3. The second-order valence-corrected chi connectivity index (χ2v) is 3.42. The molecule has 1 heterocycles. The first-order valence-electron chi connectivity index (χ1n) is 4.49. The lowest BCUT2D eigenvalue weighted by atomic mass is 10.2. The van der Waals surface area contributed by atoms with Crippen molar-refractivity contribution in [3.63, 3.8) is 0 Å². The lowest BCUT2D eigenvalue weighted by Crippen LogP contribution is -2.09. The van der Waals surface area contributed by atoms with E-state index < -0.39 is 0 Å². The molecule has 0 unspecified atom stereocenters. The number of carbonyl (C=O) groups excluding carboxylic acids is 1. The van der Waals surface area contributed by atoms with E-state index in [0.717, 1.165) is 5.82 Å². The average molecular weight is 181 g/mol. The van der Waals surface area contributed by atoms with Crippen LogP contribution in [0.3, 0.4) is 0 Å². The van der Waals surface area contributed by atoms with Gasteiger partial charge in [0.05, 0.1) is 0 Å². The van der Waals surface area contributed by atoms with Crippen molar-refractivity contribution in [1.82, 2.24) is 14.8 Å². The van der Waals surface area contributed by atoms with Gasteiger partial charge in [0.1, 0.15) is 17.9 Å². The Morgan fingerprint density at radius 3 is 2.85 bits per heavy atom. The molecule has 0 aliphatic heterocycles. The fourth-order valence-electron chi connectivity index (χ4n) is 1.17. The maximum absolute atomic E-state index is 10.8. The predicted molar refractivity (Wildman–Crippen MR) is 49.4 cm³/mol. The molecule has 72 valence electrons. The smallest absolute Gasteiger partial charge is 0.138 e. The van der Waals surface area contributed by atoms with Crippen LogP contribution in [0, 0.1) is 0 Å². The van der Waals surface area contributed by atoms with Crippen LogP contribution in [0.5, 0.6) is 0 Å². The van der Waals surface area contributed by atoms with Gasteiger partial charge in [-0.25, -0.2) is 9.67 Å². The Kier molecular flexibility index (Phi) is 3.17. The molecule has 0 N–H and O–H groups in total. The number of hydrogen-bond donors (Lipinski definition) is 0. The van der Waals surface area contributed by atoms with Crippen LogP contribution in [-0.4, -0.2) is 20.5 Å². The molecule has 0 aromatic carbocycles. The van der Waals surface area contributed by atoms with Gasteiger partial charge in [-0.15, -0.1) is 0 Å². The molecule has 0 saturated heterocycles. The summed E-state index contributed by atoms with van der Waals surface area (Å²) in [6.45, 7) is 5.69. The van der Waals surface area contributed by atoms with Gasteiger partial charge in [0.2, 0.25) is 0 Å². The Morgan fingerprint density at radius 2 is 2.31 bits per heavy atom. The maximum atomic E-state index is 10.8. The molecule has 0 atom stereocenters. The molecule has 0 fully saturated rings. The minimum Gasteiger partial charge on any atom is -0.300 e. The van der Waals surface area contributed by atoms with Crippen LogP contribution in [0.4, 0.5) is 0 Å². The third-order valence-electron chi connectivity index (χ3n) is 1.84. The number of nitrogens with zero attached hydrogens (tertiary/aromatic N) is 3. The molecule has 1 rings (SSSR count). The van der Waals surface area contributed by atoms with Gasteiger partial charge in [0.15, 0.2) is 0 Å². The maximum Gasteiger partial charge on any atom is 0.138 e. The fourth-order valence-corrected chi connectivity index (χ4v) is 1.17. The number of aryl methyl sites for hydroxylation is 1. The highest BCUT2D eigenvalue weighted by molar-refractivity contribution is 5.75. The van der Waals surface area contributed by atoms with E-state index in [9.17, 15) is 4.79 Å². The molecule has 1 aromatic rings. The highest BCUT2D eigenvalue weighted by atomic mass is 16.1. The molecule has 1 aromatic heterocycles. The second-order valence-electron chi connectivity index (χ2n) is 3.42. The highest BCUT2D eigenvalue weighted by Gasteiger charge is 2.07. The summed E-state index contributed by atoms with van der Waals surface area (Å²) in [6, 6.07) is 0.310. The monoisotopic (exact) mass is 181 g/mol. The Balaban J connectivity index is 2.65. The van der Waals surface area contributed by atoms with Gasteiger partial charge in [-0.2, -0.15) is 5.10 Å². The SMILES string of the molecule is CC(=O)CCc1ncnn1C(C)C. The molecule has 0 amide bonds. The minimum absolute atomic E-state index is 0.193. The molecule has 0 aliphatic rings. The van der Waals surface area contributed by atoms with E-state index >= 15 is 0 Å². The van der Waals surface area contributed by atoms with Crippen LogP contribution in [-0.2, 0) is 11.2 Å². The number of carbonyl (C=O) groups is 1. The normalized spacial score (nSPS) is 10.8. The van der Waals surface area contributed by atoms with Gasteiger partial charge < -0.3 is 4.79 Å². The molecule has 0 bridgehead atoms. The van der Waals surface area contributed by atoms with Crippen molar-refractivity contribution >= 4 is 5.78 Å². The van der Waals surface area contributed by atoms with Crippen LogP contribution in [0.1, 0.15) is 39.1 Å². The minimum atomic E-state index is 0.193. The number of Topliss-reactive ketones (excluding diaryl/α,β-unsaturated/α-hetero) is 1. The first-order valence-corrected chi connectivity index (χ1v) is 4.49. The molecule has 13 heavy (non-hydrogen) atoms. The van der Waals surface area contributed by atoms with Gasteiger partial charge in [0.25, 0.3) is 0 Å². The van der Waals surface area contributed by atoms with E-state index in [-0.39, 0.29) is 5.78 Å². The van der Waals surface area contributed by atoms with Crippen molar-refractivity contribution in [2.45, 2.75) is 39.7 Å². The summed E-state index contributed by atoms with van der Waals surface area (Å²) in [7, 11) is 0. The fraction of sp³-hybridized carbons (Fsp3) is 0.667. The molecule has 0 spiro atoms. The Labute approximate surface area is 78.0 Å². The van der Waals surface area contributed by atoms with Crippen LogP contribution < -0.4 is 0 Å². The van der Waals surface area contributed by atoms with E-state index in [1.54, 1.807) is 6.92 Å². The summed E-state index contributed by atoms with van der Waals surface area (Å²) in [5.41, 5.74) is 0. The molecular formula is C9H15N3O. The van der Waals surface area contributed by atoms with Crippen LogP contribution >= 0.6 is 0 Å². The lowest BCUT2D eigenvalue weighted by Gasteiger charge is -2.07. The van der Waals surface area contributed by atoms with Gasteiger partial charge >= 0.3 is 0 Å². The number of rotatable bonds is 4. The van der Waals surface area contributed by atoms with Crippen molar-refractivity contribution in [2.75, 3.05) is 0 Å². The van der Waals surface area contributed by atoms with E-state index in [1.807, 2.05) is 18.5 Å². The van der Waals surface area contributed by atoms with E-state index in [1.165, 1.54) is 6.33 Å². The van der Waals surface area contributed by atoms with Crippen molar-refractivity contribution < 1.29 is 4.79 Å². The third kappa shape index (κ3) is 2.65. The molecule has 0 saturated carbocycles. The van der Waals surface area contributed by atoms with Gasteiger partial charge in [-0.3, -0.25) is 0 Å². The zero-order valence-corrected chi connectivity index (χ0v) is 8.32. The van der Waals surface area contributed by atoms with Gasteiger partial charge in [0, 0.05) is 18.9 Å². The quantitative estimate of drug-likeness (QED) is 0.705. The summed E-state index contributed by atoms with van der Waals surface area (Å²) >= 11 is 0. The largest absolute Gasteiger partial charge is 0.300 e. The first-order chi connectivity index (χ1) is 6.11. The van der Waals surface area contributed by atoms with E-state index in [2.05, 4.69) is 10.1 Å². The lowest BCUT2D eigenvalue weighted by molar-refractivity contribution is -0.117. The standard InChI is InChI=1S/C9H15N3O/c1-7(2)12-9(10-6-11-12)5-4-8(3)13/h6-7H,4-5H2,1-3H3. The molecule has 4 nitrogen and oxygen atoms in total. The summed E-state index contributed by atoms with van der Waals surface area (Å²) in [5, 5.41) is 4.09. The van der Waals surface area contributed by atoms with Crippen LogP contribution in [0.2, 0.25) is 0 Å². The van der Waals surface area contributed by atoms with Crippen molar-refractivity contribution in [3.8, 4) is 0 Å². The van der Waals surface area contributed by atoms with E-state index in [0.29, 0.717) is 18.9 Å². The number of ketones is 1. The Bertz CT molecular complexity index is 291. The van der Waals surface area contributed by atoms with Crippen molar-refractivity contribution in [1.29, 1.82) is 0 Å². The van der Waals surface area contributed by atoms with Crippen molar-refractivity contribution in [2.24, 2.45) is 0 Å². The van der Waals surface area contributed by atoms with Gasteiger partial charge in [-0.05, 0) is 20.8 Å². The van der Waals surface area contributed by atoms with Crippen molar-refractivity contribution in [3.05, 3.63) is 12.2 Å². The topological polar surface area (TPSA) is 47.8 Å². The Morgan fingerprint density at radius 1 is 1.62 bits per heavy atom. The summed E-state index contributed by atoms with van der Waals surface area (Å²) in [6.07, 6.45) is 2.77. The highest BCUT2D eigenvalue weighted by Crippen LogP contribution is 2.06. The Hall–Kier alpha value is -1.19. The second kappa shape index (κ2) is 4.16. The zero-order valence-electron chi connectivity index (χ0n) is 8.32. The van der Waals surface area contributed by atoms with E-state index in [4.69, 9.17) is 0 Å². The first kappa shape index (κ1) is 9.89. The van der Waals surface area contributed by atoms with Crippen LogP contribution in [0.15, 0.2) is 6.33 Å². The predicted octanol–water partition coefficient (Wildman–Crippen LogP) is 1.38. The molecule has 0 radical (unpaired) electrons. The molecule has 4 heteroatoms. The summed E-state index contributed by atoms with van der Waals surface area (Å²) < 4.78 is 1.85. The number of hydrogen-bond acceptors (Lipinski definition) is 3. The summed E-state index contributed by atoms with van der Waals surface area (Å²) in [5.74, 6) is 1.09. The molecule has 0 aliphatic carbocycles. The van der Waals surface area contributed by atoms with Crippen LogP contribution in [0.25, 0.3) is 0 Å². The summed E-state index contributed by atoms with van der Waals surface area (Å²) in [4.78, 5) is 14.9.